The fraction of sp³-hybridized carbons (Fsp3) is 0.278. The number of dihydropyridines is 1. The van der Waals surface area contributed by atoms with Crippen LogP contribution >= 0.6 is 0 Å². The Morgan fingerprint density at radius 1 is 1.30 bits per heavy atom. The van der Waals surface area contributed by atoms with Gasteiger partial charge in [-0.15, -0.1) is 0 Å². The number of esters is 1. The second-order valence-electron chi connectivity index (χ2n) is 5.32. The van der Waals surface area contributed by atoms with Crippen molar-refractivity contribution >= 4 is 5.97 Å². The van der Waals surface area contributed by atoms with Crippen molar-refractivity contribution in [3.05, 3.63) is 70.6 Å². The highest BCUT2D eigenvalue weighted by Gasteiger charge is 2.19. The van der Waals surface area contributed by atoms with Crippen molar-refractivity contribution in [1.29, 1.82) is 0 Å². The molecule has 1 unspecified atom stereocenters. The highest BCUT2D eigenvalue weighted by atomic mass is 16.5. The Bertz CT molecular complexity index is 660. The maximum absolute atomic E-state index is 12.1. The topological polar surface area (TPSA) is 73.6 Å². The predicted octanol–water partition coefficient (Wildman–Crippen LogP) is 2.02. The zero-order chi connectivity index (χ0) is 16.8. The molecule has 122 valence electrons. The number of hydrogen-bond acceptors (Lipinski definition) is 5. The molecule has 1 atom stereocenters. The maximum Gasteiger partial charge on any atom is 0.334 e. The number of nitrogens with one attached hydrogen (secondary N) is 1. The van der Waals surface area contributed by atoms with E-state index in [4.69, 9.17) is 15.2 Å². The number of carbonyl (C=O) groups excluding carboxylic acids is 1. The molecule has 5 nitrogen and oxygen atoms in total. The minimum atomic E-state index is -0.401. The van der Waals surface area contributed by atoms with E-state index in [1.165, 1.54) is 7.11 Å². The Hall–Kier alpha value is -2.53. The van der Waals surface area contributed by atoms with Gasteiger partial charge in [0, 0.05) is 30.4 Å². The van der Waals surface area contributed by atoms with E-state index < -0.39 is 6.23 Å². The minimum Gasteiger partial charge on any atom is -0.466 e. The molecule has 1 heterocycles. The van der Waals surface area contributed by atoms with E-state index in [1.807, 2.05) is 43.3 Å². The van der Waals surface area contributed by atoms with E-state index in [0.29, 0.717) is 17.7 Å². The summed E-state index contributed by atoms with van der Waals surface area (Å²) >= 11 is 0. The van der Waals surface area contributed by atoms with Crippen LogP contribution in [0, 0.1) is 0 Å². The molecular formula is C18H22N2O3. The lowest BCUT2D eigenvalue weighted by Gasteiger charge is -2.25. The fourth-order valence-electron chi connectivity index (χ4n) is 2.42. The number of benzene rings is 1. The molecule has 0 saturated heterocycles. The highest BCUT2D eigenvalue weighted by Crippen LogP contribution is 2.20. The minimum absolute atomic E-state index is 0.368. The summed E-state index contributed by atoms with van der Waals surface area (Å²) in [5.74, 6) is -0.368. The number of carbonyl (C=O) groups is 1. The summed E-state index contributed by atoms with van der Waals surface area (Å²) in [6, 6.07) is 9.75. The molecule has 1 aliphatic rings. The van der Waals surface area contributed by atoms with Gasteiger partial charge in [0.25, 0.3) is 0 Å². The summed E-state index contributed by atoms with van der Waals surface area (Å²) in [6.45, 7) is 1.92. The molecule has 0 radical (unpaired) electrons. The Morgan fingerprint density at radius 2 is 2.00 bits per heavy atom. The molecule has 0 amide bonds. The van der Waals surface area contributed by atoms with E-state index in [0.717, 1.165) is 16.8 Å². The van der Waals surface area contributed by atoms with Gasteiger partial charge in [-0.05, 0) is 24.6 Å². The molecule has 5 heteroatoms. The highest BCUT2D eigenvalue weighted by molar-refractivity contribution is 5.89. The van der Waals surface area contributed by atoms with Crippen LogP contribution in [0.5, 0.6) is 0 Å². The van der Waals surface area contributed by atoms with E-state index in [2.05, 4.69) is 5.32 Å². The van der Waals surface area contributed by atoms with Gasteiger partial charge in [-0.3, -0.25) is 0 Å². The quantitative estimate of drug-likeness (QED) is 0.642. The lowest BCUT2D eigenvalue weighted by Crippen LogP contribution is -2.37. The van der Waals surface area contributed by atoms with Gasteiger partial charge in [0.1, 0.15) is 0 Å². The molecule has 2 rings (SSSR count). The van der Waals surface area contributed by atoms with Gasteiger partial charge < -0.3 is 20.5 Å². The first-order valence-corrected chi connectivity index (χ1v) is 7.35. The number of rotatable bonds is 5. The third-order valence-electron chi connectivity index (χ3n) is 3.60. The van der Waals surface area contributed by atoms with Crippen molar-refractivity contribution in [2.45, 2.75) is 19.6 Å². The van der Waals surface area contributed by atoms with Crippen molar-refractivity contribution < 1.29 is 14.3 Å². The van der Waals surface area contributed by atoms with Crippen LogP contribution in [-0.2, 0) is 20.7 Å². The molecule has 23 heavy (non-hydrogen) atoms. The van der Waals surface area contributed by atoms with Crippen LogP contribution in [0.15, 0.2) is 65.0 Å². The number of hydrogen-bond donors (Lipinski definition) is 2. The molecule has 0 aromatic heterocycles. The van der Waals surface area contributed by atoms with E-state index in [9.17, 15) is 4.79 Å². The number of ether oxygens (including phenoxy) is 2. The van der Waals surface area contributed by atoms with Gasteiger partial charge in [0.2, 0.25) is 0 Å². The first kappa shape index (κ1) is 16.8. The molecule has 1 aromatic rings. The molecule has 0 aliphatic carbocycles. The van der Waals surface area contributed by atoms with Crippen LogP contribution < -0.4 is 11.1 Å². The van der Waals surface area contributed by atoms with Crippen LogP contribution in [0.25, 0.3) is 0 Å². The summed E-state index contributed by atoms with van der Waals surface area (Å²) in [5, 5.41) is 3.12. The van der Waals surface area contributed by atoms with Gasteiger partial charge in [0.05, 0.1) is 12.8 Å². The second-order valence-corrected chi connectivity index (χ2v) is 5.32. The standard InChI is InChI=1S/C18H22N2O3/c1-12-9-14(16(19)17(20-12)22-2)11-15(18(21)23-3)10-13-7-5-4-6-8-13/h4-9,11,17,20H,10,19H2,1-3H3/b15-11+. The second kappa shape index (κ2) is 7.65. The Morgan fingerprint density at radius 3 is 2.61 bits per heavy atom. The summed E-state index contributed by atoms with van der Waals surface area (Å²) < 4.78 is 10.2. The SMILES string of the molecule is COC(=O)/C(=C/C1=C(N)C(OC)NC(C)=C1)Cc1ccccc1. The monoisotopic (exact) mass is 314 g/mol. The maximum atomic E-state index is 12.1. The molecule has 0 spiro atoms. The number of methoxy groups -OCH3 is 2. The third kappa shape index (κ3) is 4.23. The average molecular weight is 314 g/mol. The summed E-state index contributed by atoms with van der Waals surface area (Å²) in [6.07, 6.45) is 3.73. The summed E-state index contributed by atoms with van der Waals surface area (Å²) in [5.41, 5.74) is 9.91. The molecule has 1 aromatic carbocycles. The van der Waals surface area contributed by atoms with Gasteiger partial charge in [-0.1, -0.05) is 30.3 Å². The Balaban J connectivity index is 2.38. The van der Waals surface area contributed by atoms with Crippen molar-refractivity contribution in [2.24, 2.45) is 5.73 Å². The van der Waals surface area contributed by atoms with Crippen LogP contribution in [0.4, 0.5) is 0 Å². The lowest BCUT2D eigenvalue weighted by molar-refractivity contribution is -0.136. The first-order chi connectivity index (χ1) is 11.0. The van der Waals surface area contributed by atoms with Crippen LogP contribution in [-0.4, -0.2) is 26.4 Å². The summed E-state index contributed by atoms with van der Waals surface area (Å²) in [7, 11) is 2.95. The molecule has 0 saturated carbocycles. The molecule has 1 aliphatic heterocycles. The van der Waals surface area contributed by atoms with Crippen molar-refractivity contribution in [3.63, 3.8) is 0 Å². The molecule has 0 fully saturated rings. The normalized spacial score (nSPS) is 18.3. The van der Waals surface area contributed by atoms with Crippen LogP contribution in [0.3, 0.4) is 0 Å². The summed E-state index contributed by atoms with van der Waals surface area (Å²) in [4.78, 5) is 12.1. The van der Waals surface area contributed by atoms with Gasteiger partial charge in [-0.2, -0.15) is 0 Å². The zero-order valence-electron chi connectivity index (χ0n) is 13.6. The smallest absolute Gasteiger partial charge is 0.334 e. The zero-order valence-corrected chi connectivity index (χ0v) is 13.6. The van der Waals surface area contributed by atoms with Crippen LogP contribution in [0.1, 0.15) is 12.5 Å². The van der Waals surface area contributed by atoms with E-state index in [1.54, 1.807) is 13.2 Å². The van der Waals surface area contributed by atoms with E-state index in [-0.39, 0.29) is 5.97 Å². The van der Waals surface area contributed by atoms with Gasteiger partial charge in [-0.25, -0.2) is 4.79 Å². The Labute approximate surface area is 136 Å². The number of allylic oxidation sites excluding steroid dienone is 4. The molecular weight excluding hydrogens is 292 g/mol. The predicted molar refractivity (Wildman–Crippen MR) is 89.1 cm³/mol. The Kier molecular flexibility index (Phi) is 5.60. The average Bonchev–Trinajstić information content (AvgIpc) is 2.57. The molecule has 3 N–H and O–H groups in total. The molecule has 0 bridgehead atoms. The lowest BCUT2D eigenvalue weighted by atomic mass is 9.99. The van der Waals surface area contributed by atoms with Crippen molar-refractivity contribution in [2.75, 3.05) is 14.2 Å². The van der Waals surface area contributed by atoms with Gasteiger partial charge in [0.15, 0.2) is 6.23 Å². The number of nitrogens with two attached hydrogens (primary N) is 1. The van der Waals surface area contributed by atoms with Crippen molar-refractivity contribution in [1.82, 2.24) is 5.32 Å². The third-order valence-corrected chi connectivity index (χ3v) is 3.60. The van der Waals surface area contributed by atoms with Crippen LogP contribution in [0.2, 0.25) is 0 Å². The largest absolute Gasteiger partial charge is 0.466 e. The van der Waals surface area contributed by atoms with Gasteiger partial charge >= 0.3 is 5.97 Å². The van der Waals surface area contributed by atoms with E-state index >= 15 is 0 Å². The van der Waals surface area contributed by atoms with Crippen molar-refractivity contribution in [3.8, 4) is 0 Å². The first-order valence-electron chi connectivity index (χ1n) is 7.35. The fourth-order valence-corrected chi connectivity index (χ4v) is 2.42.